The fourth-order valence-corrected chi connectivity index (χ4v) is 4.96. The minimum atomic E-state index is -2.53. The SMILES string of the molecule is Cc1csc(-c2nc(NC3CCC(F)(F)CC3)cc(N3CCC(N(C)C)CC3)n2)n1. The van der Waals surface area contributed by atoms with Crippen LogP contribution in [0.3, 0.4) is 0 Å². The number of aryl methyl sites for hydroxylation is 1. The Hall–Kier alpha value is -1.87. The van der Waals surface area contributed by atoms with E-state index >= 15 is 0 Å². The van der Waals surface area contributed by atoms with E-state index in [0.717, 1.165) is 42.5 Å². The van der Waals surface area contributed by atoms with Gasteiger partial charge in [0.15, 0.2) is 10.8 Å². The fourth-order valence-electron chi connectivity index (χ4n) is 4.23. The molecule has 0 spiro atoms. The Morgan fingerprint density at radius 1 is 1.10 bits per heavy atom. The molecule has 4 rings (SSSR count). The maximum absolute atomic E-state index is 13.5. The van der Waals surface area contributed by atoms with Crippen LogP contribution in [0.15, 0.2) is 11.4 Å². The Labute approximate surface area is 180 Å². The van der Waals surface area contributed by atoms with Crippen LogP contribution in [0.2, 0.25) is 0 Å². The van der Waals surface area contributed by atoms with Crippen LogP contribution in [-0.4, -0.2) is 65.0 Å². The molecule has 9 heteroatoms. The van der Waals surface area contributed by atoms with Gasteiger partial charge in [0, 0.05) is 55.2 Å². The standard InChI is InChI=1S/C21H30F2N6S/c1-14-13-30-20(24-14)19-26-17(25-15-4-8-21(22,23)9-5-15)12-18(27-19)29-10-6-16(7-11-29)28(2)3/h12-13,15-16H,4-11H2,1-3H3,(H,25,26,27). The van der Waals surface area contributed by atoms with E-state index in [0.29, 0.717) is 30.5 Å². The molecule has 2 fully saturated rings. The Morgan fingerprint density at radius 2 is 1.80 bits per heavy atom. The van der Waals surface area contributed by atoms with E-state index in [9.17, 15) is 8.78 Å². The average Bonchev–Trinajstić information content (AvgIpc) is 3.16. The first-order valence-corrected chi connectivity index (χ1v) is 11.5. The minimum Gasteiger partial charge on any atom is -0.367 e. The highest BCUT2D eigenvalue weighted by Gasteiger charge is 2.35. The number of aromatic nitrogens is 3. The zero-order chi connectivity index (χ0) is 21.3. The monoisotopic (exact) mass is 436 g/mol. The second-order valence-corrected chi connectivity index (χ2v) is 9.54. The van der Waals surface area contributed by atoms with Crippen molar-refractivity contribution in [1.82, 2.24) is 19.9 Å². The first-order chi connectivity index (χ1) is 14.3. The van der Waals surface area contributed by atoms with Crippen molar-refractivity contribution in [2.45, 2.75) is 63.5 Å². The molecular weight excluding hydrogens is 406 g/mol. The van der Waals surface area contributed by atoms with Gasteiger partial charge in [0.1, 0.15) is 11.6 Å². The fraction of sp³-hybridized carbons (Fsp3) is 0.667. The molecule has 1 aliphatic carbocycles. The summed E-state index contributed by atoms with van der Waals surface area (Å²) in [5.74, 6) is -0.347. The molecule has 0 amide bonds. The molecule has 3 heterocycles. The zero-order valence-electron chi connectivity index (χ0n) is 17.9. The molecule has 2 aromatic heterocycles. The summed E-state index contributed by atoms with van der Waals surface area (Å²) < 4.78 is 27.1. The Morgan fingerprint density at radius 3 is 2.40 bits per heavy atom. The molecule has 0 aromatic carbocycles. The highest BCUT2D eigenvalue weighted by molar-refractivity contribution is 7.13. The number of thiazole rings is 1. The lowest BCUT2D eigenvalue weighted by molar-refractivity contribution is -0.0361. The number of piperidine rings is 1. The van der Waals surface area contributed by atoms with Crippen LogP contribution in [0.5, 0.6) is 0 Å². The van der Waals surface area contributed by atoms with Gasteiger partial charge in [0.05, 0.1) is 0 Å². The molecule has 0 bridgehead atoms. The Bertz CT molecular complexity index is 853. The molecule has 1 N–H and O–H groups in total. The molecule has 1 saturated heterocycles. The first kappa shape index (κ1) is 21.4. The topological polar surface area (TPSA) is 57.2 Å². The summed E-state index contributed by atoms with van der Waals surface area (Å²) in [6.07, 6.45) is 2.93. The maximum Gasteiger partial charge on any atom is 0.248 e. The lowest BCUT2D eigenvalue weighted by Gasteiger charge is -2.36. The van der Waals surface area contributed by atoms with Crippen LogP contribution in [0.1, 0.15) is 44.2 Å². The van der Waals surface area contributed by atoms with Crippen molar-refractivity contribution in [3.63, 3.8) is 0 Å². The predicted octanol–water partition coefficient (Wildman–Crippen LogP) is 4.43. The minimum absolute atomic E-state index is 0.0118. The van der Waals surface area contributed by atoms with Crippen LogP contribution in [0.25, 0.3) is 10.8 Å². The summed E-state index contributed by atoms with van der Waals surface area (Å²) in [4.78, 5) is 18.6. The van der Waals surface area contributed by atoms with E-state index in [4.69, 9.17) is 4.98 Å². The molecule has 164 valence electrons. The smallest absolute Gasteiger partial charge is 0.248 e. The lowest BCUT2D eigenvalue weighted by Crippen LogP contribution is -2.42. The summed E-state index contributed by atoms with van der Waals surface area (Å²) >= 11 is 1.53. The third-order valence-corrected chi connectivity index (χ3v) is 7.07. The maximum atomic E-state index is 13.5. The van der Waals surface area contributed by atoms with Crippen molar-refractivity contribution >= 4 is 23.0 Å². The molecule has 2 aromatic rings. The predicted molar refractivity (Wildman–Crippen MR) is 118 cm³/mol. The van der Waals surface area contributed by atoms with E-state index in [1.54, 1.807) is 0 Å². The van der Waals surface area contributed by atoms with Gasteiger partial charge in [-0.15, -0.1) is 11.3 Å². The van der Waals surface area contributed by atoms with Crippen LogP contribution >= 0.6 is 11.3 Å². The molecule has 0 unspecified atom stereocenters. The van der Waals surface area contributed by atoms with Gasteiger partial charge in [-0.25, -0.2) is 23.7 Å². The van der Waals surface area contributed by atoms with Crippen molar-refractivity contribution in [2.75, 3.05) is 37.4 Å². The van der Waals surface area contributed by atoms with Gasteiger partial charge in [-0.3, -0.25) is 0 Å². The number of anilines is 2. The van der Waals surface area contributed by atoms with Gasteiger partial charge in [0.25, 0.3) is 0 Å². The van der Waals surface area contributed by atoms with Crippen LogP contribution < -0.4 is 10.2 Å². The summed E-state index contributed by atoms with van der Waals surface area (Å²) in [6.45, 7) is 3.83. The lowest BCUT2D eigenvalue weighted by atomic mass is 9.92. The normalized spacial score (nSPS) is 20.7. The second kappa shape index (κ2) is 8.70. The number of hydrogen-bond acceptors (Lipinski definition) is 7. The van der Waals surface area contributed by atoms with Crippen molar-refractivity contribution in [3.05, 3.63) is 17.1 Å². The van der Waals surface area contributed by atoms with E-state index in [1.807, 2.05) is 18.4 Å². The molecule has 2 aliphatic rings. The van der Waals surface area contributed by atoms with Crippen LogP contribution in [0, 0.1) is 6.92 Å². The summed E-state index contributed by atoms with van der Waals surface area (Å²) in [5, 5.41) is 6.18. The van der Waals surface area contributed by atoms with Crippen LogP contribution in [0.4, 0.5) is 20.4 Å². The molecule has 0 atom stereocenters. The number of rotatable bonds is 5. The number of nitrogens with one attached hydrogen (secondary N) is 1. The number of nitrogens with zero attached hydrogens (tertiary/aromatic N) is 5. The third-order valence-electron chi connectivity index (χ3n) is 6.11. The van der Waals surface area contributed by atoms with Gasteiger partial charge in [0.2, 0.25) is 5.92 Å². The largest absolute Gasteiger partial charge is 0.367 e. The first-order valence-electron chi connectivity index (χ1n) is 10.7. The van der Waals surface area contributed by atoms with Crippen molar-refractivity contribution in [3.8, 4) is 10.8 Å². The van der Waals surface area contributed by atoms with Gasteiger partial charge < -0.3 is 15.1 Å². The number of alkyl halides is 2. The van der Waals surface area contributed by atoms with E-state index in [1.165, 1.54) is 11.3 Å². The molecular formula is C21H30F2N6S. The Balaban J connectivity index is 1.56. The molecule has 1 aliphatic heterocycles. The highest BCUT2D eigenvalue weighted by atomic mass is 32.1. The third kappa shape index (κ3) is 5.06. The summed E-state index contributed by atoms with van der Waals surface area (Å²) in [7, 11) is 4.26. The summed E-state index contributed by atoms with van der Waals surface area (Å²) in [6, 6.07) is 2.57. The molecule has 1 saturated carbocycles. The van der Waals surface area contributed by atoms with E-state index in [2.05, 4.69) is 39.2 Å². The van der Waals surface area contributed by atoms with Gasteiger partial charge in [-0.1, -0.05) is 0 Å². The van der Waals surface area contributed by atoms with Gasteiger partial charge in [-0.2, -0.15) is 0 Å². The van der Waals surface area contributed by atoms with Crippen molar-refractivity contribution < 1.29 is 8.78 Å². The summed E-state index contributed by atoms with van der Waals surface area (Å²) in [5.41, 5.74) is 0.944. The van der Waals surface area contributed by atoms with E-state index < -0.39 is 5.92 Å². The zero-order valence-corrected chi connectivity index (χ0v) is 18.7. The molecule has 30 heavy (non-hydrogen) atoms. The quantitative estimate of drug-likeness (QED) is 0.748. The number of halogens is 2. The van der Waals surface area contributed by atoms with E-state index in [-0.39, 0.29) is 18.9 Å². The van der Waals surface area contributed by atoms with Gasteiger partial charge >= 0.3 is 0 Å². The Kier molecular flexibility index (Phi) is 6.20. The van der Waals surface area contributed by atoms with Crippen LogP contribution in [-0.2, 0) is 0 Å². The second-order valence-electron chi connectivity index (χ2n) is 8.69. The number of hydrogen-bond donors (Lipinski definition) is 1. The van der Waals surface area contributed by atoms with Gasteiger partial charge in [-0.05, 0) is 46.7 Å². The van der Waals surface area contributed by atoms with Crippen molar-refractivity contribution in [2.24, 2.45) is 0 Å². The molecule has 6 nitrogen and oxygen atoms in total. The molecule has 0 radical (unpaired) electrons. The van der Waals surface area contributed by atoms with Crippen molar-refractivity contribution in [1.29, 1.82) is 0 Å². The highest BCUT2D eigenvalue weighted by Crippen LogP contribution is 2.35. The average molecular weight is 437 g/mol.